The molecule has 2 aromatic rings. The van der Waals surface area contributed by atoms with Crippen molar-refractivity contribution in [2.75, 3.05) is 13.1 Å². The Hall–Kier alpha value is -1.94. The molecule has 1 amide bonds. The van der Waals surface area contributed by atoms with Gasteiger partial charge in [-0.25, -0.2) is 0 Å². The van der Waals surface area contributed by atoms with Crippen molar-refractivity contribution in [2.45, 2.75) is 31.3 Å². The van der Waals surface area contributed by atoms with E-state index >= 15 is 0 Å². The molecule has 2 saturated heterocycles. The largest absolute Gasteiger partial charge is 0.337 e. The zero-order valence-electron chi connectivity index (χ0n) is 12.0. The lowest BCUT2D eigenvalue weighted by Crippen LogP contribution is -2.39. The third-order valence-corrected chi connectivity index (χ3v) is 4.66. The number of hydrogen-bond acceptors (Lipinski definition) is 3. The van der Waals surface area contributed by atoms with Crippen LogP contribution in [0.25, 0.3) is 10.9 Å². The maximum Gasteiger partial charge on any atom is 0.253 e. The normalized spacial score (nSPS) is 25.0. The number of pyridine rings is 1. The summed E-state index contributed by atoms with van der Waals surface area (Å²) >= 11 is 0. The van der Waals surface area contributed by atoms with Crippen LogP contribution in [-0.4, -0.2) is 41.0 Å². The van der Waals surface area contributed by atoms with E-state index < -0.39 is 0 Å². The molecule has 2 bridgehead atoms. The Labute approximate surface area is 124 Å². The number of carbonyl (C=O) groups excluding carboxylic acids is 1. The fraction of sp³-hybridized carbons (Fsp3) is 0.412. The van der Waals surface area contributed by atoms with Gasteiger partial charge >= 0.3 is 0 Å². The zero-order chi connectivity index (χ0) is 14.2. The fourth-order valence-corrected chi connectivity index (χ4v) is 3.52. The van der Waals surface area contributed by atoms with Crippen LogP contribution in [0.4, 0.5) is 0 Å². The van der Waals surface area contributed by atoms with E-state index in [4.69, 9.17) is 0 Å². The lowest BCUT2D eigenvalue weighted by molar-refractivity contribution is 0.0748. The van der Waals surface area contributed by atoms with Crippen LogP contribution < -0.4 is 5.32 Å². The van der Waals surface area contributed by atoms with Gasteiger partial charge in [0.2, 0.25) is 0 Å². The molecule has 0 unspecified atom stereocenters. The van der Waals surface area contributed by atoms with Crippen LogP contribution in [0.3, 0.4) is 0 Å². The molecule has 1 N–H and O–H groups in total. The van der Waals surface area contributed by atoms with Crippen molar-refractivity contribution < 1.29 is 4.79 Å². The van der Waals surface area contributed by atoms with Crippen LogP contribution in [0.1, 0.15) is 29.6 Å². The molecule has 0 saturated carbocycles. The van der Waals surface area contributed by atoms with E-state index in [9.17, 15) is 4.79 Å². The number of aromatic nitrogens is 1. The summed E-state index contributed by atoms with van der Waals surface area (Å²) in [7, 11) is 0. The van der Waals surface area contributed by atoms with E-state index in [1.54, 1.807) is 6.20 Å². The summed E-state index contributed by atoms with van der Waals surface area (Å²) in [6, 6.07) is 10.8. The lowest BCUT2D eigenvalue weighted by Gasteiger charge is -2.24. The highest BCUT2D eigenvalue weighted by Crippen LogP contribution is 2.22. The van der Waals surface area contributed by atoms with Crippen LogP contribution >= 0.6 is 0 Å². The average molecular weight is 281 g/mol. The molecular formula is C17H19N3O. The van der Waals surface area contributed by atoms with Crippen molar-refractivity contribution in [1.82, 2.24) is 15.2 Å². The monoisotopic (exact) mass is 281 g/mol. The minimum atomic E-state index is 0.148. The number of hydrogen-bond donors (Lipinski definition) is 1. The molecule has 2 aliphatic rings. The second kappa shape index (κ2) is 5.11. The molecule has 0 spiro atoms. The second-order valence-electron chi connectivity index (χ2n) is 6.09. The summed E-state index contributed by atoms with van der Waals surface area (Å²) in [5.74, 6) is 0.148. The van der Waals surface area contributed by atoms with E-state index in [0.29, 0.717) is 12.1 Å². The molecule has 4 nitrogen and oxygen atoms in total. The third-order valence-electron chi connectivity index (χ3n) is 4.66. The molecule has 21 heavy (non-hydrogen) atoms. The number of rotatable bonds is 1. The predicted octanol–water partition coefficient (Wildman–Crippen LogP) is 2.20. The smallest absolute Gasteiger partial charge is 0.253 e. The van der Waals surface area contributed by atoms with E-state index in [2.05, 4.69) is 10.3 Å². The average Bonchev–Trinajstić information content (AvgIpc) is 2.85. The minimum absolute atomic E-state index is 0.148. The Kier molecular flexibility index (Phi) is 3.11. The predicted molar refractivity (Wildman–Crippen MR) is 82.2 cm³/mol. The Balaban J connectivity index is 1.60. The van der Waals surface area contributed by atoms with E-state index in [1.807, 2.05) is 35.2 Å². The molecule has 2 fully saturated rings. The number of nitrogens with zero attached hydrogens (tertiary/aromatic N) is 2. The topological polar surface area (TPSA) is 45.2 Å². The highest BCUT2D eigenvalue weighted by atomic mass is 16.2. The molecule has 4 rings (SSSR count). The molecular weight excluding hydrogens is 262 g/mol. The number of amides is 1. The van der Waals surface area contributed by atoms with Crippen LogP contribution in [0.2, 0.25) is 0 Å². The number of fused-ring (bicyclic) bond motifs is 3. The van der Waals surface area contributed by atoms with Gasteiger partial charge in [-0.3, -0.25) is 9.78 Å². The maximum atomic E-state index is 12.8. The van der Waals surface area contributed by atoms with Gasteiger partial charge < -0.3 is 10.2 Å². The molecule has 2 aliphatic heterocycles. The van der Waals surface area contributed by atoms with Crippen molar-refractivity contribution >= 4 is 16.8 Å². The highest BCUT2D eigenvalue weighted by Gasteiger charge is 2.31. The molecule has 2 atom stereocenters. The van der Waals surface area contributed by atoms with Gasteiger partial charge in [0.25, 0.3) is 5.91 Å². The molecule has 3 heterocycles. The summed E-state index contributed by atoms with van der Waals surface area (Å²) < 4.78 is 0. The van der Waals surface area contributed by atoms with Gasteiger partial charge in [-0.15, -0.1) is 0 Å². The molecule has 1 aromatic heterocycles. The fourth-order valence-electron chi connectivity index (χ4n) is 3.52. The molecule has 1 aromatic carbocycles. The van der Waals surface area contributed by atoms with E-state index in [0.717, 1.165) is 36.0 Å². The van der Waals surface area contributed by atoms with Crippen molar-refractivity contribution in [3.05, 3.63) is 42.1 Å². The number of likely N-dealkylation sites (tertiary alicyclic amines) is 1. The summed E-state index contributed by atoms with van der Waals surface area (Å²) in [5, 5.41) is 4.64. The van der Waals surface area contributed by atoms with Crippen LogP contribution in [0.15, 0.2) is 36.5 Å². The minimum Gasteiger partial charge on any atom is -0.337 e. The first-order chi connectivity index (χ1) is 10.3. The molecule has 4 heteroatoms. The first-order valence-corrected chi connectivity index (χ1v) is 7.70. The van der Waals surface area contributed by atoms with Crippen molar-refractivity contribution in [2.24, 2.45) is 0 Å². The molecule has 108 valence electrons. The van der Waals surface area contributed by atoms with Crippen molar-refractivity contribution in [3.63, 3.8) is 0 Å². The standard InChI is InChI=1S/C17H19N3O/c21-17(20-9-7-14-4-5-15(11-20)19-14)13-3-6-16-12(10-13)2-1-8-18-16/h1-3,6,8,10,14-15,19H,4-5,7,9,11H2/t14-,15+/m1/s1. The van der Waals surface area contributed by atoms with E-state index in [1.165, 1.54) is 12.8 Å². The first kappa shape index (κ1) is 12.8. The molecule has 0 radical (unpaired) electrons. The van der Waals surface area contributed by atoms with Gasteiger partial charge in [0.1, 0.15) is 0 Å². The van der Waals surface area contributed by atoms with Gasteiger partial charge in [-0.2, -0.15) is 0 Å². The quantitative estimate of drug-likeness (QED) is 0.871. The van der Waals surface area contributed by atoms with Gasteiger partial charge in [-0.05, 0) is 43.5 Å². The van der Waals surface area contributed by atoms with E-state index in [-0.39, 0.29) is 5.91 Å². The highest BCUT2D eigenvalue weighted by molar-refractivity contribution is 5.98. The summed E-state index contributed by atoms with van der Waals surface area (Å²) in [5.41, 5.74) is 1.71. The Bertz CT molecular complexity index is 685. The summed E-state index contributed by atoms with van der Waals surface area (Å²) in [6.07, 6.45) is 5.29. The Morgan fingerprint density at radius 1 is 1.19 bits per heavy atom. The van der Waals surface area contributed by atoms with Gasteiger partial charge in [0.05, 0.1) is 5.52 Å². The van der Waals surface area contributed by atoms with Gasteiger partial charge in [0.15, 0.2) is 0 Å². The molecule has 0 aliphatic carbocycles. The Morgan fingerprint density at radius 2 is 2.10 bits per heavy atom. The van der Waals surface area contributed by atoms with Crippen LogP contribution in [0, 0.1) is 0 Å². The van der Waals surface area contributed by atoms with Crippen molar-refractivity contribution in [3.8, 4) is 0 Å². The summed E-state index contributed by atoms with van der Waals surface area (Å²) in [6.45, 7) is 1.69. The van der Waals surface area contributed by atoms with Gasteiger partial charge in [0, 0.05) is 42.3 Å². The number of nitrogens with one attached hydrogen (secondary N) is 1. The number of carbonyl (C=O) groups is 1. The second-order valence-corrected chi connectivity index (χ2v) is 6.09. The lowest BCUT2D eigenvalue weighted by atomic mass is 10.1. The zero-order valence-corrected chi connectivity index (χ0v) is 12.0. The SMILES string of the molecule is O=C(c1ccc2ncccc2c1)N1CC[C@H]2CC[C@@H](C1)N2. The number of benzene rings is 1. The Morgan fingerprint density at radius 3 is 3.05 bits per heavy atom. The first-order valence-electron chi connectivity index (χ1n) is 7.70. The van der Waals surface area contributed by atoms with Gasteiger partial charge in [-0.1, -0.05) is 6.07 Å². The van der Waals surface area contributed by atoms with Crippen LogP contribution in [-0.2, 0) is 0 Å². The van der Waals surface area contributed by atoms with Crippen LogP contribution in [0.5, 0.6) is 0 Å². The maximum absolute atomic E-state index is 12.8. The summed E-state index contributed by atoms with van der Waals surface area (Å²) in [4.78, 5) is 19.1. The third kappa shape index (κ3) is 2.40. The van der Waals surface area contributed by atoms with Crippen molar-refractivity contribution in [1.29, 1.82) is 0 Å².